The van der Waals surface area contributed by atoms with Crippen LogP contribution < -0.4 is 16.7 Å². The lowest BCUT2D eigenvalue weighted by atomic mass is 9.95. The molecule has 0 radical (unpaired) electrons. The standard InChI is InChI=1S/C10H13N3O/c1-8-7-14-13-10(8,12-11)9-5-3-2-4-6-9/h2-7,12-13H,11H2,1H3. The largest absolute Gasteiger partial charge is 0.414 e. The molecule has 0 aromatic heterocycles. The van der Waals surface area contributed by atoms with Crippen molar-refractivity contribution in [1.82, 2.24) is 10.9 Å². The van der Waals surface area contributed by atoms with Gasteiger partial charge in [-0.25, -0.2) is 5.43 Å². The van der Waals surface area contributed by atoms with Gasteiger partial charge in [-0.3, -0.25) is 5.84 Å². The van der Waals surface area contributed by atoms with Crippen molar-refractivity contribution in [2.24, 2.45) is 5.84 Å². The smallest absolute Gasteiger partial charge is 0.165 e. The summed E-state index contributed by atoms with van der Waals surface area (Å²) in [5, 5.41) is 0. The topological polar surface area (TPSA) is 59.3 Å². The molecule has 1 aromatic rings. The Morgan fingerprint density at radius 1 is 1.36 bits per heavy atom. The monoisotopic (exact) mass is 191 g/mol. The summed E-state index contributed by atoms with van der Waals surface area (Å²) in [7, 11) is 0. The van der Waals surface area contributed by atoms with Crippen molar-refractivity contribution in [3.8, 4) is 0 Å². The molecule has 1 aliphatic heterocycles. The van der Waals surface area contributed by atoms with Gasteiger partial charge < -0.3 is 4.84 Å². The highest BCUT2D eigenvalue weighted by molar-refractivity contribution is 5.33. The molecule has 1 atom stereocenters. The van der Waals surface area contributed by atoms with E-state index in [4.69, 9.17) is 10.7 Å². The van der Waals surface area contributed by atoms with Crippen LogP contribution in [-0.4, -0.2) is 0 Å². The Hall–Kier alpha value is -1.36. The van der Waals surface area contributed by atoms with Crippen molar-refractivity contribution in [3.05, 3.63) is 47.7 Å². The number of benzene rings is 1. The van der Waals surface area contributed by atoms with Crippen LogP contribution >= 0.6 is 0 Å². The average Bonchev–Trinajstić information content (AvgIpc) is 2.62. The summed E-state index contributed by atoms with van der Waals surface area (Å²) in [5.74, 6) is 5.56. The number of hydrogen-bond acceptors (Lipinski definition) is 4. The van der Waals surface area contributed by atoms with Gasteiger partial charge in [0.1, 0.15) is 6.26 Å². The van der Waals surface area contributed by atoms with Gasteiger partial charge >= 0.3 is 0 Å². The fraction of sp³-hybridized carbons (Fsp3) is 0.200. The minimum absolute atomic E-state index is 0.596. The molecule has 14 heavy (non-hydrogen) atoms. The maximum atomic E-state index is 5.56. The van der Waals surface area contributed by atoms with Gasteiger partial charge in [0.15, 0.2) is 5.66 Å². The van der Waals surface area contributed by atoms with Crippen LogP contribution in [0.2, 0.25) is 0 Å². The third-order valence-electron chi connectivity index (χ3n) is 2.46. The van der Waals surface area contributed by atoms with Gasteiger partial charge in [0, 0.05) is 5.57 Å². The van der Waals surface area contributed by atoms with Crippen LogP contribution in [0, 0.1) is 0 Å². The first-order valence-corrected chi connectivity index (χ1v) is 4.43. The first-order valence-electron chi connectivity index (χ1n) is 4.43. The number of hydrazine groups is 1. The van der Waals surface area contributed by atoms with E-state index in [1.165, 1.54) is 0 Å². The first-order chi connectivity index (χ1) is 6.79. The predicted octanol–water partition coefficient (Wildman–Crippen LogP) is 0.741. The molecule has 0 spiro atoms. The van der Waals surface area contributed by atoms with E-state index >= 15 is 0 Å². The molecule has 1 aliphatic rings. The second-order valence-electron chi connectivity index (χ2n) is 3.28. The van der Waals surface area contributed by atoms with E-state index in [9.17, 15) is 0 Å². The second-order valence-corrected chi connectivity index (χ2v) is 3.28. The molecular weight excluding hydrogens is 178 g/mol. The quantitative estimate of drug-likeness (QED) is 0.476. The van der Waals surface area contributed by atoms with Crippen molar-refractivity contribution in [1.29, 1.82) is 0 Å². The van der Waals surface area contributed by atoms with Crippen molar-refractivity contribution < 1.29 is 4.84 Å². The number of hydrogen-bond donors (Lipinski definition) is 3. The van der Waals surface area contributed by atoms with Crippen LogP contribution in [0.3, 0.4) is 0 Å². The van der Waals surface area contributed by atoms with Gasteiger partial charge in [-0.2, -0.15) is 0 Å². The molecule has 0 bridgehead atoms. The Labute approximate surface area is 82.7 Å². The fourth-order valence-corrected chi connectivity index (χ4v) is 1.58. The number of hydroxylamine groups is 1. The third-order valence-corrected chi connectivity index (χ3v) is 2.46. The number of nitrogens with two attached hydrogens (primary N) is 1. The summed E-state index contributed by atoms with van der Waals surface area (Å²) in [5.41, 5.74) is 7.01. The summed E-state index contributed by atoms with van der Waals surface area (Å²) in [6.07, 6.45) is 1.65. The van der Waals surface area contributed by atoms with E-state index in [-0.39, 0.29) is 0 Å². The molecule has 2 rings (SSSR count). The van der Waals surface area contributed by atoms with Crippen LogP contribution in [0.5, 0.6) is 0 Å². The number of rotatable bonds is 2. The molecule has 0 amide bonds. The molecule has 0 aliphatic carbocycles. The summed E-state index contributed by atoms with van der Waals surface area (Å²) in [6.45, 7) is 1.95. The van der Waals surface area contributed by atoms with Crippen LogP contribution in [0.1, 0.15) is 12.5 Å². The highest BCUT2D eigenvalue weighted by Gasteiger charge is 2.37. The van der Waals surface area contributed by atoms with Crippen LogP contribution in [0.4, 0.5) is 0 Å². The van der Waals surface area contributed by atoms with Crippen LogP contribution in [0.15, 0.2) is 42.2 Å². The van der Waals surface area contributed by atoms with Crippen LogP contribution in [-0.2, 0) is 10.5 Å². The molecule has 4 heteroatoms. The molecular formula is C10H13N3O. The van der Waals surface area contributed by atoms with Crippen LogP contribution in [0.25, 0.3) is 0 Å². The first kappa shape index (κ1) is 9.21. The zero-order valence-electron chi connectivity index (χ0n) is 7.95. The van der Waals surface area contributed by atoms with E-state index in [2.05, 4.69) is 10.9 Å². The van der Waals surface area contributed by atoms with Crippen molar-refractivity contribution in [2.75, 3.05) is 0 Å². The third kappa shape index (κ3) is 1.21. The maximum absolute atomic E-state index is 5.56. The Balaban J connectivity index is 2.44. The molecule has 74 valence electrons. The highest BCUT2D eigenvalue weighted by atomic mass is 16.7. The van der Waals surface area contributed by atoms with Gasteiger partial charge in [-0.15, -0.1) is 5.48 Å². The lowest BCUT2D eigenvalue weighted by molar-refractivity contribution is 0.0776. The summed E-state index contributed by atoms with van der Waals surface area (Å²) >= 11 is 0. The van der Waals surface area contributed by atoms with Gasteiger partial charge in [-0.1, -0.05) is 30.3 Å². The summed E-state index contributed by atoms with van der Waals surface area (Å²) < 4.78 is 0. The number of nitrogens with one attached hydrogen (secondary N) is 2. The highest BCUT2D eigenvalue weighted by Crippen LogP contribution is 2.29. The normalized spacial score (nSPS) is 25.7. The molecule has 4 N–H and O–H groups in total. The Morgan fingerprint density at radius 3 is 2.57 bits per heavy atom. The average molecular weight is 191 g/mol. The fourth-order valence-electron chi connectivity index (χ4n) is 1.58. The predicted molar refractivity (Wildman–Crippen MR) is 53.4 cm³/mol. The van der Waals surface area contributed by atoms with Gasteiger partial charge in [0.2, 0.25) is 0 Å². The van der Waals surface area contributed by atoms with Gasteiger partial charge in [0.05, 0.1) is 0 Å². The van der Waals surface area contributed by atoms with E-state index in [0.717, 1.165) is 11.1 Å². The molecule has 0 fully saturated rings. The van der Waals surface area contributed by atoms with E-state index in [0.29, 0.717) is 0 Å². The molecule has 1 aromatic carbocycles. The lowest BCUT2D eigenvalue weighted by Gasteiger charge is -2.28. The van der Waals surface area contributed by atoms with Crippen molar-refractivity contribution in [2.45, 2.75) is 12.6 Å². The summed E-state index contributed by atoms with van der Waals surface area (Å²) in [6, 6.07) is 9.85. The van der Waals surface area contributed by atoms with E-state index < -0.39 is 5.66 Å². The zero-order valence-corrected chi connectivity index (χ0v) is 7.95. The van der Waals surface area contributed by atoms with Gasteiger partial charge in [-0.05, 0) is 12.5 Å². The maximum Gasteiger partial charge on any atom is 0.165 e. The second kappa shape index (κ2) is 3.42. The van der Waals surface area contributed by atoms with E-state index in [1.807, 2.05) is 37.3 Å². The van der Waals surface area contributed by atoms with E-state index in [1.54, 1.807) is 6.26 Å². The lowest BCUT2D eigenvalue weighted by Crippen LogP contribution is -2.54. The van der Waals surface area contributed by atoms with Crippen molar-refractivity contribution >= 4 is 0 Å². The van der Waals surface area contributed by atoms with Crippen molar-refractivity contribution in [3.63, 3.8) is 0 Å². The minimum Gasteiger partial charge on any atom is -0.414 e. The zero-order chi connectivity index (χ0) is 10.0. The molecule has 0 saturated carbocycles. The molecule has 4 nitrogen and oxygen atoms in total. The summed E-state index contributed by atoms with van der Waals surface area (Å²) in [4.78, 5) is 5.06. The SMILES string of the molecule is CC1=CONC1(NN)c1ccccc1. The minimum atomic E-state index is -0.596. The molecule has 0 saturated heterocycles. The molecule has 1 unspecified atom stereocenters. The Bertz CT molecular complexity index is 350. The van der Waals surface area contributed by atoms with Gasteiger partial charge in [0.25, 0.3) is 0 Å². The molecule has 1 heterocycles. The Morgan fingerprint density at radius 2 is 2.07 bits per heavy atom. The Kier molecular flexibility index (Phi) is 2.25.